The van der Waals surface area contributed by atoms with E-state index in [4.69, 9.17) is 9.26 Å². The van der Waals surface area contributed by atoms with E-state index in [0.29, 0.717) is 30.8 Å². The van der Waals surface area contributed by atoms with E-state index in [-0.39, 0.29) is 0 Å². The van der Waals surface area contributed by atoms with Gasteiger partial charge in [0.25, 0.3) is 0 Å². The third kappa shape index (κ3) is 3.40. The van der Waals surface area contributed by atoms with Crippen LogP contribution in [0, 0.1) is 0 Å². The summed E-state index contributed by atoms with van der Waals surface area (Å²) in [5.74, 6) is 1.22. The minimum atomic E-state index is 0.360. The fraction of sp³-hybridized carbons (Fsp3) is 0.500. The van der Waals surface area contributed by atoms with Gasteiger partial charge in [-0.15, -0.1) is 0 Å². The molecule has 0 spiro atoms. The predicted molar refractivity (Wildman–Crippen MR) is 73.1 cm³/mol. The van der Waals surface area contributed by atoms with E-state index in [1.165, 1.54) is 0 Å². The van der Waals surface area contributed by atoms with E-state index in [0.717, 1.165) is 31.5 Å². The van der Waals surface area contributed by atoms with Gasteiger partial charge >= 0.3 is 0 Å². The summed E-state index contributed by atoms with van der Waals surface area (Å²) in [4.78, 5) is 8.33. The highest BCUT2D eigenvalue weighted by molar-refractivity contribution is 5.52. The summed E-state index contributed by atoms with van der Waals surface area (Å²) in [7, 11) is 0. The van der Waals surface area contributed by atoms with Gasteiger partial charge in [0.15, 0.2) is 0 Å². The average Bonchev–Trinajstić information content (AvgIpc) is 2.98. The van der Waals surface area contributed by atoms with Gasteiger partial charge in [-0.3, -0.25) is 4.98 Å². The molecular formula is C14H18N4O2. The lowest BCUT2D eigenvalue weighted by molar-refractivity contribution is 0.0322. The normalized spacial score (nSPS) is 16.4. The summed E-state index contributed by atoms with van der Waals surface area (Å²) in [6.45, 7) is 2.71. The van der Waals surface area contributed by atoms with Crippen molar-refractivity contribution in [1.82, 2.24) is 20.4 Å². The third-order valence-electron chi connectivity index (χ3n) is 3.36. The maximum absolute atomic E-state index is 5.82. The van der Waals surface area contributed by atoms with Crippen molar-refractivity contribution in [1.29, 1.82) is 0 Å². The fourth-order valence-electron chi connectivity index (χ4n) is 2.25. The Bertz CT molecular complexity index is 523. The highest BCUT2D eigenvalue weighted by atomic mass is 16.5. The van der Waals surface area contributed by atoms with Gasteiger partial charge in [-0.05, 0) is 38.1 Å². The molecule has 20 heavy (non-hydrogen) atoms. The predicted octanol–water partition coefficient (Wildman–Crippen LogP) is 1.44. The first-order valence-electron chi connectivity index (χ1n) is 6.97. The zero-order chi connectivity index (χ0) is 13.6. The maximum atomic E-state index is 5.82. The largest absolute Gasteiger partial charge is 0.378 e. The molecule has 0 atom stereocenters. The topological polar surface area (TPSA) is 73.1 Å². The highest BCUT2D eigenvalue weighted by Crippen LogP contribution is 2.14. The van der Waals surface area contributed by atoms with Crippen molar-refractivity contribution < 1.29 is 9.26 Å². The van der Waals surface area contributed by atoms with Crippen molar-refractivity contribution in [3.8, 4) is 11.4 Å². The molecule has 1 fully saturated rings. The summed E-state index contributed by atoms with van der Waals surface area (Å²) >= 11 is 0. The number of rotatable bonds is 5. The quantitative estimate of drug-likeness (QED) is 0.889. The maximum Gasteiger partial charge on any atom is 0.229 e. The second-order valence-electron chi connectivity index (χ2n) is 4.82. The summed E-state index contributed by atoms with van der Waals surface area (Å²) in [6, 6.07) is 3.72. The smallest absolute Gasteiger partial charge is 0.229 e. The average molecular weight is 274 g/mol. The van der Waals surface area contributed by atoms with E-state index in [1.54, 1.807) is 12.4 Å². The van der Waals surface area contributed by atoms with Gasteiger partial charge in [-0.1, -0.05) is 5.16 Å². The zero-order valence-corrected chi connectivity index (χ0v) is 11.3. The summed E-state index contributed by atoms with van der Waals surface area (Å²) < 4.78 is 11.1. The molecule has 0 bridgehead atoms. The van der Waals surface area contributed by atoms with E-state index in [1.807, 2.05) is 12.1 Å². The van der Waals surface area contributed by atoms with Crippen LogP contribution in [0.15, 0.2) is 29.0 Å². The minimum absolute atomic E-state index is 0.360. The van der Waals surface area contributed by atoms with Crippen molar-refractivity contribution in [2.24, 2.45) is 0 Å². The Morgan fingerprint density at radius 2 is 2.05 bits per heavy atom. The Morgan fingerprint density at radius 3 is 2.85 bits per heavy atom. The molecule has 6 heteroatoms. The molecule has 6 nitrogen and oxygen atoms in total. The summed E-state index contributed by atoms with van der Waals surface area (Å²) in [5, 5.41) is 7.29. The van der Waals surface area contributed by atoms with Crippen LogP contribution in [0.2, 0.25) is 0 Å². The standard InChI is InChI=1S/C14H18N4O2/c1-6-15-7-2-11(1)14-17-13(20-18-14)5-10-19-12-3-8-16-9-4-12/h1-2,6-7,12,16H,3-5,8-10H2. The molecule has 2 aromatic rings. The number of nitrogens with zero attached hydrogens (tertiary/aromatic N) is 3. The van der Waals surface area contributed by atoms with Crippen LogP contribution >= 0.6 is 0 Å². The van der Waals surface area contributed by atoms with Crippen LogP contribution < -0.4 is 5.32 Å². The van der Waals surface area contributed by atoms with Crippen LogP contribution in [-0.2, 0) is 11.2 Å². The van der Waals surface area contributed by atoms with Crippen LogP contribution in [-0.4, -0.2) is 40.9 Å². The van der Waals surface area contributed by atoms with Crippen molar-refractivity contribution in [3.05, 3.63) is 30.4 Å². The second-order valence-corrected chi connectivity index (χ2v) is 4.82. The molecule has 1 aliphatic rings. The molecule has 0 aromatic carbocycles. The lowest BCUT2D eigenvalue weighted by Crippen LogP contribution is -2.32. The fourth-order valence-corrected chi connectivity index (χ4v) is 2.25. The van der Waals surface area contributed by atoms with Gasteiger partial charge in [0.05, 0.1) is 19.1 Å². The zero-order valence-electron chi connectivity index (χ0n) is 11.3. The van der Waals surface area contributed by atoms with E-state index < -0.39 is 0 Å². The van der Waals surface area contributed by atoms with Gasteiger partial charge in [0.1, 0.15) is 0 Å². The summed E-state index contributed by atoms with van der Waals surface area (Å²) in [5.41, 5.74) is 0.911. The summed E-state index contributed by atoms with van der Waals surface area (Å²) in [6.07, 6.45) is 6.59. The Hall–Kier alpha value is -1.79. The molecule has 3 heterocycles. The molecular weight excluding hydrogens is 256 g/mol. The Morgan fingerprint density at radius 1 is 1.25 bits per heavy atom. The van der Waals surface area contributed by atoms with Crippen LogP contribution in [0.1, 0.15) is 18.7 Å². The van der Waals surface area contributed by atoms with E-state index >= 15 is 0 Å². The van der Waals surface area contributed by atoms with Crippen molar-refractivity contribution in [2.75, 3.05) is 19.7 Å². The Kier molecular flexibility index (Phi) is 4.35. The van der Waals surface area contributed by atoms with Gasteiger partial charge in [-0.25, -0.2) is 0 Å². The third-order valence-corrected chi connectivity index (χ3v) is 3.36. The molecule has 3 rings (SSSR count). The number of pyridine rings is 1. The number of hydrogen-bond donors (Lipinski definition) is 1. The van der Waals surface area contributed by atoms with Crippen LogP contribution in [0.4, 0.5) is 0 Å². The molecule has 0 amide bonds. The number of ether oxygens (including phenoxy) is 1. The Labute approximate surface area is 117 Å². The lowest BCUT2D eigenvalue weighted by Gasteiger charge is -2.22. The van der Waals surface area contributed by atoms with Crippen molar-refractivity contribution >= 4 is 0 Å². The van der Waals surface area contributed by atoms with Crippen molar-refractivity contribution in [2.45, 2.75) is 25.4 Å². The highest BCUT2D eigenvalue weighted by Gasteiger charge is 2.14. The minimum Gasteiger partial charge on any atom is -0.378 e. The van der Waals surface area contributed by atoms with Gasteiger partial charge < -0.3 is 14.6 Å². The Balaban J connectivity index is 1.50. The van der Waals surface area contributed by atoms with Gasteiger partial charge in [0.2, 0.25) is 11.7 Å². The molecule has 1 aliphatic heterocycles. The molecule has 0 aliphatic carbocycles. The van der Waals surface area contributed by atoms with Crippen LogP contribution in [0.25, 0.3) is 11.4 Å². The lowest BCUT2D eigenvalue weighted by atomic mass is 10.1. The number of nitrogens with one attached hydrogen (secondary N) is 1. The molecule has 0 saturated carbocycles. The second kappa shape index (κ2) is 6.58. The SMILES string of the molecule is c1cc(-c2noc(CCOC3CCNCC3)n2)ccn1. The van der Waals surface area contributed by atoms with Crippen LogP contribution in [0.3, 0.4) is 0 Å². The van der Waals surface area contributed by atoms with E-state index in [2.05, 4.69) is 20.4 Å². The first-order chi connectivity index (χ1) is 9.92. The van der Waals surface area contributed by atoms with Crippen LogP contribution in [0.5, 0.6) is 0 Å². The van der Waals surface area contributed by atoms with Gasteiger partial charge in [-0.2, -0.15) is 4.98 Å². The van der Waals surface area contributed by atoms with Gasteiger partial charge in [0, 0.05) is 18.0 Å². The van der Waals surface area contributed by atoms with Crippen molar-refractivity contribution in [3.63, 3.8) is 0 Å². The molecule has 1 N–H and O–H groups in total. The molecule has 2 aromatic heterocycles. The monoisotopic (exact) mass is 274 g/mol. The molecule has 0 unspecified atom stereocenters. The molecule has 1 saturated heterocycles. The first-order valence-corrected chi connectivity index (χ1v) is 6.97. The first kappa shape index (κ1) is 13.2. The molecule has 0 radical (unpaired) electrons. The molecule has 106 valence electrons. The number of piperidine rings is 1. The number of hydrogen-bond acceptors (Lipinski definition) is 6. The van der Waals surface area contributed by atoms with E-state index in [9.17, 15) is 0 Å². The number of aromatic nitrogens is 3.